The van der Waals surface area contributed by atoms with Crippen molar-refractivity contribution in [2.24, 2.45) is 11.8 Å². The zero-order chi connectivity index (χ0) is 27.5. The van der Waals surface area contributed by atoms with Crippen molar-refractivity contribution in [3.8, 4) is 0 Å². The average Bonchev–Trinajstić information content (AvgIpc) is 2.64. The molecule has 0 heterocycles. The lowest BCUT2D eigenvalue weighted by molar-refractivity contribution is -0.137. The van der Waals surface area contributed by atoms with Crippen molar-refractivity contribution >= 4 is 32.0 Å². The lowest BCUT2D eigenvalue weighted by Gasteiger charge is -2.31. The van der Waals surface area contributed by atoms with Crippen molar-refractivity contribution in [3.05, 3.63) is 0 Å². The fraction of sp³-hybridized carbons (Fsp3) is 0.800. The van der Waals surface area contributed by atoms with E-state index in [1.54, 1.807) is 55.4 Å². The summed E-state index contributed by atoms with van der Waals surface area (Å²) in [4.78, 5) is 35.9. The SMILES string of the molecule is CC(C)OC(=O)OC(OP(=O)(NC(=N)N(C)CC(=O)O)OC(OC(=O)OC(C)C)C(C)C)C(C)C. The number of rotatable bonds is 13. The van der Waals surface area contributed by atoms with E-state index in [2.05, 4.69) is 5.09 Å². The van der Waals surface area contributed by atoms with E-state index >= 15 is 0 Å². The molecule has 35 heavy (non-hydrogen) atoms. The Morgan fingerprint density at radius 3 is 1.49 bits per heavy atom. The molecule has 2 unspecified atom stereocenters. The summed E-state index contributed by atoms with van der Waals surface area (Å²) in [5.41, 5.74) is 0. The molecule has 0 aromatic heterocycles. The molecule has 0 amide bonds. The summed E-state index contributed by atoms with van der Waals surface area (Å²) in [6.07, 6.45) is -6.15. The Labute approximate surface area is 205 Å². The van der Waals surface area contributed by atoms with E-state index in [-0.39, 0.29) is 0 Å². The summed E-state index contributed by atoms with van der Waals surface area (Å²) in [5, 5.41) is 19.2. The Morgan fingerprint density at radius 2 is 1.20 bits per heavy atom. The molecule has 0 bridgehead atoms. The highest BCUT2D eigenvalue weighted by atomic mass is 31.2. The molecule has 3 N–H and O–H groups in total. The third-order valence-corrected chi connectivity index (χ3v) is 5.12. The number of nitrogens with zero attached hydrogens (tertiary/aromatic N) is 1. The molecule has 14 nitrogen and oxygen atoms in total. The predicted octanol–water partition coefficient (Wildman–Crippen LogP) is 3.76. The Bertz CT molecular complexity index is 731. The van der Waals surface area contributed by atoms with Crippen LogP contribution in [0.15, 0.2) is 0 Å². The third-order valence-electron chi connectivity index (χ3n) is 3.66. The Kier molecular flexibility index (Phi) is 13.7. The lowest BCUT2D eigenvalue weighted by Crippen LogP contribution is -2.42. The van der Waals surface area contributed by atoms with Gasteiger partial charge in [-0.3, -0.25) is 24.3 Å². The zero-order valence-electron chi connectivity index (χ0n) is 21.6. The average molecular weight is 528 g/mol. The summed E-state index contributed by atoms with van der Waals surface area (Å²) in [6, 6.07) is 0. The molecule has 0 fully saturated rings. The topological polar surface area (TPSA) is 183 Å². The van der Waals surface area contributed by atoms with Gasteiger partial charge in [0.05, 0.1) is 12.2 Å². The highest BCUT2D eigenvalue weighted by Gasteiger charge is 2.40. The van der Waals surface area contributed by atoms with E-state index < -0.39 is 75.2 Å². The molecule has 0 aliphatic rings. The second-order valence-corrected chi connectivity index (χ2v) is 10.4. The van der Waals surface area contributed by atoms with E-state index in [4.69, 9.17) is 38.5 Å². The molecular weight excluding hydrogens is 489 g/mol. The second kappa shape index (κ2) is 14.7. The van der Waals surface area contributed by atoms with Gasteiger partial charge in [0.2, 0.25) is 12.6 Å². The van der Waals surface area contributed by atoms with Crippen molar-refractivity contribution in [1.82, 2.24) is 9.99 Å². The lowest BCUT2D eigenvalue weighted by atomic mass is 10.2. The maximum absolute atomic E-state index is 13.7. The number of carboxylic acid groups (broad SMARTS) is 1. The predicted molar refractivity (Wildman–Crippen MR) is 124 cm³/mol. The minimum Gasteiger partial charge on any atom is -0.480 e. The van der Waals surface area contributed by atoms with Gasteiger partial charge in [0, 0.05) is 18.9 Å². The van der Waals surface area contributed by atoms with Crippen molar-refractivity contribution in [1.29, 1.82) is 5.41 Å². The number of carbonyl (C=O) groups excluding carboxylic acids is 2. The Hall–Kier alpha value is -2.57. The molecule has 2 atom stereocenters. The first-order chi connectivity index (χ1) is 16.0. The van der Waals surface area contributed by atoms with Gasteiger partial charge in [0.1, 0.15) is 6.54 Å². The Balaban J connectivity index is 5.97. The highest BCUT2D eigenvalue weighted by molar-refractivity contribution is 7.52. The largest absolute Gasteiger partial charge is 0.510 e. The summed E-state index contributed by atoms with van der Waals surface area (Å²) < 4.78 is 44.7. The maximum atomic E-state index is 13.7. The summed E-state index contributed by atoms with van der Waals surface area (Å²) >= 11 is 0. The monoisotopic (exact) mass is 527 g/mol. The van der Waals surface area contributed by atoms with Gasteiger partial charge in [-0.25, -0.2) is 14.2 Å². The fourth-order valence-corrected chi connectivity index (χ4v) is 3.74. The van der Waals surface area contributed by atoms with Crippen molar-refractivity contribution in [2.45, 2.75) is 80.2 Å². The van der Waals surface area contributed by atoms with Crippen LogP contribution in [0, 0.1) is 17.2 Å². The van der Waals surface area contributed by atoms with Crippen LogP contribution in [0.3, 0.4) is 0 Å². The number of ether oxygens (including phenoxy) is 4. The number of aliphatic carboxylic acids is 1. The van der Waals surface area contributed by atoms with Crippen LogP contribution in [0.5, 0.6) is 0 Å². The van der Waals surface area contributed by atoms with Crippen LogP contribution < -0.4 is 5.09 Å². The van der Waals surface area contributed by atoms with E-state index in [0.717, 1.165) is 4.90 Å². The Morgan fingerprint density at radius 1 is 0.829 bits per heavy atom. The smallest absolute Gasteiger partial charge is 0.480 e. The standard InChI is InChI=1S/C20H38N3O11P/c1-11(2)16(31-19(26)29-13(5)6)33-35(28,22-18(21)23(9)10-15(24)25)34-17(12(3)4)32-20(27)30-14(7)8/h11-14,16-17H,10H2,1-9H3,(H,24,25)(H2,21,22,28). The minimum atomic E-state index is -4.65. The number of nitrogens with one attached hydrogen (secondary N) is 2. The first-order valence-electron chi connectivity index (χ1n) is 11.0. The molecular formula is C20H38N3O11P. The number of guanidine groups is 1. The van der Waals surface area contributed by atoms with Crippen LogP contribution in [-0.4, -0.2) is 72.6 Å². The summed E-state index contributed by atoms with van der Waals surface area (Å²) in [5.74, 6) is -3.03. The molecule has 15 heteroatoms. The molecule has 0 aromatic carbocycles. The normalized spacial score (nSPS) is 14.8. The van der Waals surface area contributed by atoms with Crippen molar-refractivity contribution < 1.29 is 52.1 Å². The van der Waals surface area contributed by atoms with Crippen LogP contribution in [-0.2, 0) is 37.4 Å². The van der Waals surface area contributed by atoms with Gasteiger partial charge in [-0.15, -0.1) is 0 Å². The number of hydrogen-bond donors (Lipinski definition) is 3. The molecule has 0 radical (unpaired) electrons. The van der Waals surface area contributed by atoms with Crippen molar-refractivity contribution in [3.63, 3.8) is 0 Å². The maximum Gasteiger partial charge on any atom is 0.510 e. The molecule has 0 aromatic rings. The molecule has 0 rings (SSSR count). The molecule has 0 saturated heterocycles. The van der Waals surface area contributed by atoms with Gasteiger partial charge in [-0.1, -0.05) is 27.7 Å². The van der Waals surface area contributed by atoms with Gasteiger partial charge in [0.25, 0.3) is 0 Å². The van der Waals surface area contributed by atoms with Gasteiger partial charge in [-0.05, 0) is 27.7 Å². The molecule has 0 aliphatic heterocycles. The molecule has 0 spiro atoms. The molecule has 204 valence electrons. The fourth-order valence-electron chi connectivity index (χ4n) is 2.04. The van der Waals surface area contributed by atoms with E-state index in [1.165, 1.54) is 7.05 Å². The number of likely N-dealkylation sites (N-methyl/N-ethyl adjacent to an activating group) is 1. The van der Waals surface area contributed by atoms with Crippen molar-refractivity contribution in [2.75, 3.05) is 13.6 Å². The van der Waals surface area contributed by atoms with Gasteiger partial charge >= 0.3 is 26.0 Å². The number of carboxylic acids is 1. The second-order valence-electron chi connectivity index (χ2n) is 8.71. The van der Waals surface area contributed by atoms with Gasteiger partial charge < -0.3 is 29.0 Å². The van der Waals surface area contributed by atoms with Gasteiger partial charge in [-0.2, -0.15) is 0 Å². The van der Waals surface area contributed by atoms with Crippen LogP contribution in [0.25, 0.3) is 0 Å². The van der Waals surface area contributed by atoms with Gasteiger partial charge in [0.15, 0.2) is 5.96 Å². The van der Waals surface area contributed by atoms with E-state index in [0.29, 0.717) is 0 Å². The minimum absolute atomic E-state index is 0.500. The van der Waals surface area contributed by atoms with Crippen LogP contribution in [0.1, 0.15) is 55.4 Å². The summed E-state index contributed by atoms with van der Waals surface area (Å²) in [6.45, 7) is 12.2. The highest BCUT2D eigenvalue weighted by Crippen LogP contribution is 2.48. The number of hydrogen-bond acceptors (Lipinski definition) is 11. The summed E-state index contributed by atoms with van der Waals surface area (Å²) in [7, 11) is -3.40. The third kappa shape index (κ3) is 13.8. The van der Waals surface area contributed by atoms with Crippen LogP contribution in [0.2, 0.25) is 0 Å². The first-order valence-corrected chi connectivity index (χ1v) is 12.5. The zero-order valence-corrected chi connectivity index (χ0v) is 22.5. The van der Waals surface area contributed by atoms with Crippen LogP contribution in [0.4, 0.5) is 9.59 Å². The van der Waals surface area contributed by atoms with E-state index in [1.807, 2.05) is 0 Å². The molecule has 0 aliphatic carbocycles. The first kappa shape index (κ1) is 32.4. The van der Waals surface area contributed by atoms with Crippen LogP contribution >= 0.6 is 7.75 Å². The van der Waals surface area contributed by atoms with E-state index in [9.17, 15) is 18.9 Å². The number of carbonyl (C=O) groups is 3. The molecule has 0 saturated carbocycles. The quantitative estimate of drug-likeness (QED) is 0.104.